The van der Waals surface area contributed by atoms with E-state index in [1.165, 1.54) is 12.1 Å². The third-order valence-electron chi connectivity index (χ3n) is 3.15. The SMILES string of the molecule is Cc1cccc(NS(=O)(=O)c2cccc(F)c2N)c1C. The number of anilines is 2. The van der Waals surface area contributed by atoms with E-state index in [0.29, 0.717) is 5.69 Å². The average Bonchev–Trinajstić information content (AvgIpc) is 2.38. The van der Waals surface area contributed by atoms with Crippen LogP contribution in [0.2, 0.25) is 0 Å². The monoisotopic (exact) mass is 294 g/mol. The van der Waals surface area contributed by atoms with Gasteiger partial charge in [0.1, 0.15) is 10.7 Å². The Labute approximate surface area is 117 Å². The molecule has 0 aliphatic carbocycles. The molecule has 0 atom stereocenters. The third-order valence-corrected chi connectivity index (χ3v) is 4.58. The number of benzene rings is 2. The highest BCUT2D eigenvalue weighted by Gasteiger charge is 2.20. The molecule has 106 valence electrons. The first kappa shape index (κ1) is 14.3. The van der Waals surface area contributed by atoms with Crippen LogP contribution in [0.4, 0.5) is 15.8 Å². The first-order valence-electron chi connectivity index (χ1n) is 5.96. The maximum Gasteiger partial charge on any atom is 0.264 e. The summed E-state index contributed by atoms with van der Waals surface area (Å²) in [4.78, 5) is -0.265. The Morgan fingerprint density at radius 3 is 2.45 bits per heavy atom. The van der Waals surface area contributed by atoms with Gasteiger partial charge in [-0.1, -0.05) is 18.2 Å². The van der Waals surface area contributed by atoms with Gasteiger partial charge in [-0.25, -0.2) is 12.8 Å². The molecule has 2 aromatic rings. The predicted molar refractivity (Wildman–Crippen MR) is 77.5 cm³/mol. The number of halogens is 1. The second-order valence-corrected chi connectivity index (χ2v) is 6.16. The Balaban J connectivity index is 2.47. The summed E-state index contributed by atoms with van der Waals surface area (Å²) in [6.07, 6.45) is 0. The zero-order valence-electron chi connectivity index (χ0n) is 11.1. The minimum Gasteiger partial charge on any atom is -0.395 e. The molecule has 0 spiro atoms. The maximum absolute atomic E-state index is 13.4. The molecule has 0 bridgehead atoms. The number of sulfonamides is 1. The molecule has 2 aromatic carbocycles. The quantitative estimate of drug-likeness (QED) is 0.855. The van der Waals surface area contributed by atoms with E-state index in [1.807, 2.05) is 19.9 Å². The van der Waals surface area contributed by atoms with Gasteiger partial charge in [-0.05, 0) is 43.2 Å². The zero-order chi connectivity index (χ0) is 14.9. The summed E-state index contributed by atoms with van der Waals surface area (Å²) < 4.78 is 40.4. The molecule has 0 unspecified atom stereocenters. The molecule has 0 fully saturated rings. The van der Waals surface area contributed by atoms with Crippen molar-refractivity contribution in [3.05, 3.63) is 53.3 Å². The minimum absolute atomic E-state index is 0.265. The van der Waals surface area contributed by atoms with Crippen LogP contribution in [-0.4, -0.2) is 8.42 Å². The summed E-state index contributed by atoms with van der Waals surface area (Å²) >= 11 is 0. The van der Waals surface area contributed by atoms with Gasteiger partial charge in [-0.15, -0.1) is 0 Å². The number of rotatable bonds is 3. The molecule has 0 aliphatic rings. The molecule has 0 saturated carbocycles. The van der Waals surface area contributed by atoms with E-state index in [9.17, 15) is 12.8 Å². The van der Waals surface area contributed by atoms with Gasteiger partial charge in [0, 0.05) is 0 Å². The molecular formula is C14H15FN2O2S. The number of hydrogen-bond acceptors (Lipinski definition) is 3. The van der Waals surface area contributed by atoms with E-state index in [2.05, 4.69) is 4.72 Å². The van der Waals surface area contributed by atoms with E-state index in [1.54, 1.807) is 12.1 Å². The summed E-state index contributed by atoms with van der Waals surface area (Å²) in [7, 11) is -3.92. The highest BCUT2D eigenvalue weighted by Crippen LogP contribution is 2.26. The van der Waals surface area contributed by atoms with E-state index in [-0.39, 0.29) is 10.6 Å². The van der Waals surface area contributed by atoms with Crippen molar-refractivity contribution in [1.82, 2.24) is 0 Å². The fourth-order valence-corrected chi connectivity index (χ4v) is 3.08. The van der Waals surface area contributed by atoms with E-state index >= 15 is 0 Å². The van der Waals surface area contributed by atoms with Gasteiger partial charge in [0.05, 0.1) is 11.4 Å². The molecule has 0 aromatic heterocycles. The van der Waals surface area contributed by atoms with Crippen molar-refractivity contribution in [3.63, 3.8) is 0 Å². The number of nitrogen functional groups attached to an aromatic ring is 1. The van der Waals surface area contributed by atoms with Gasteiger partial charge >= 0.3 is 0 Å². The Bertz CT molecular complexity index is 758. The van der Waals surface area contributed by atoms with Crippen LogP contribution < -0.4 is 10.5 Å². The van der Waals surface area contributed by atoms with Crippen molar-refractivity contribution >= 4 is 21.4 Å². The molecule has 0 saturated heterocycles. The Morgan fingerprint density at radius 2 is 1.75 bits per heavy atom. The van der Waals surface area contributed by atoms with E-state index in [0.717, 1.165) is 17.2 Å². The van der Waals surface area contributed by atoms with Crippen LogP contribution in [-0.2, 0) is 10.0 Å². The highest BCUT2D eigenvalue weighted by molar-refractivity contribution is 7.92. The van der Waals surface area contributed by atoms with Crippen LogP contribution in [0, 0.1) is 19.7 Å². The van der Waals surface area contributed by atoms with Crippen LogP contribution in [0.25, 0.3) is 0 Å². The van der Waals surface area contributed by atoms with E-state index < -0.39 is 15.8 Å². The number of para-hydroxylation sites is 1. The second kappa shape index (κ2) is 5.13. The highest BCUT2D eigenvalue weighted by atomic mass is 32.2. The van der Waals surface area contributed by atoms with Crippen molar-refractivity contribution in [1.29, 1.82) is 0 Å². The summed E-state index contributed by atoms with van der Waals surface area (Å²) in [6.45, 7) is 3.69. The summed E-state index contributed by atoms with van der Waals surface area (Å²) in [5.74, 6) is -0.756. The van der Waals surface area contributed by atoms with Crippen LogP contribution in [0.5, 0.6) is 0 Å². The van der Waals surface area contributed by atoms with Crippen LogP contribution in [0.3, 0.4) is 0 Å². The van der Waals surface area contributed by atoms with Crippen LogP contribution in [0.1, 0.15) is 11.1 Å². The Hall–Kier alpha value is -2.08. The fourth-order valence-electron chi connectivity index (χ4n) is 1.81. The lowest BCUT2D eigenvalue weighted by Gasteiger charge is -2.13. The number of nitrogens with one attached hydrogen (secondary N) is 1. The number of hydrogen-bond donors (Lipinski definition) is 2. The van der Waals surface area contributed by atoms with Gasteiger partial charge in [0.15, 0.2) is 0 Å². The van der Waals surface area contributed by atoms with E-state index in [4.69, 9.17) is 5.73 Å². The number of aryl methyl sites for hydroxylation is 1. The lowest BCUT2D eigenvalue weighted by atomic mass is 10.1. The fraction of sp³-hybridized carbons (Fsp3) is 0.143. The Kier molecular flexibility index (Phi) is 3.67. The molecular weight excluding hydrogens is 279 g/mol. The predicted octanol–water partition coefficient (Wildman–Crippen LogP) is 2.83. The van der Waals surface area contributed by atoms with Gasteiger partial charge in [-0.3, -0.25) is 4.72 Å². The lowest BCUT2D eigenvalue weighted by Crippen LogP contribution is -2.16. The molecule has 0 heterocycles. The largest absolute Gasteiger partial charge is 0.395 e. The Morgan fingerprint density at radius 1 is 1.10 bits per heavy atom. The molecule has 4 nitrogen and oxygen atoms in total. The van der Waals surface area contributed by atoms with Crippen molar-refractivity contribution in [2.45, 2.75) is 18.7 Å². The lowest BCUT2D eigenvalue weighted by molar-refractivity contribution is 0.597. The molecule has 0 amide bonds. The minimum atomic E-state index is -3.92. The first-order valence-corrected chi connectivity index (χ1v) is 7.44. The standard InChI is InChI=1S/C14H15FN2O2S/c1-9-5-3-7-12(10(9)2)17-20(18,19)13-8-4-6-11(15)14(13)16/h3-8,17H,16H2,1-2H3. The molecule has 0 aliphatic heterocycles. The molecule has 20 heavy (non-hydrogen) atoms. The van der Waals surface area contributed by atoms with Crippen molar-refractivity contribution in [2.24, 2.45) is 0 Å². The second-order valence-electron chi connectivity index (χ2n) is 4.50. The van der Waals surface area contributed by atoms with Gasteiger partial charge < -0.3 is 5.73 Å². The summed E-state index contributed by atoms with van der Waals surface area (Å²) in [6, 6.07) is 8.97. The topological polar surface area (TPSA) is 72.2 Å². The summed E-state index contributed by atoms with van der Waals surface area (Å²) in [5.41, 5.74) is 7.33. The summed E-state index contributed by atoms with van der Waals surface area (Å²) in [5, 5.41) is 0. The zero-order valence-corrected chi connectivity index (χ0v) is 12.0. The van der Waals surface area contributed by atoms with Gasteiger partial charge in [0.25, 0.3) is 10.0 Å². The van der Waals surface area contributed by atoms with Crippen molar-refractivity contribution in [3.8, 4) is 0 Å². The van der Waals surface area contributed by atoms with Crippen LogP contribution >= 0.6 is 0 Å². The first-order chi connectivity index (χ1) is 9.33. The molecule has 0 radical (unpaired) electrons. The normalized spacial score (nSPS) is 11.3. The van der Waals surface area contributed by atoms with Crippen molar-refractivity contribution < 1.29 is 12.8 Å². The smallest absolute Gasteiger partial charge is 0.264 e. The van der Waals surface area contributed by atoms with Gasteiger partial charge in [-0.2, -0.15) is 0 Å². The molecule has 3 N–H and O–H groups in total. The average molecular weight is 294 g/mol. The van der Waals surface area contributed by atoms with Gasteiger partial charge in [0.2, 0.25) is 0 Å². The van der Waals surface area contributed by atoms with Crippen molar-refractivity contribution in [2.75, 3.05) is 10.5 Å². The third kappa shape index (κ3) is 2.60. The molecule has 6 heteroatoms. The molecule has 2 rings (SSSR count). The number of nitrogens with two attached hydrogens (primary N) is 1. The maximum atomic E-state index is 13.4. The van der Waals surface area contributed by atoms with Crippen LogP contribution in [0.15, 0.2) is 41.3 Å².